The van der Waals surface area contributed by atoms with Gasteiger partial charge in [0.25, 0.3) is 0 Å². The normalized spacial score (nSPS) is 11.1. The second-order valence-corrected chi connectivity index (χ2v) is 7.14. The van der Waals surface area contributed by atoms with E-state index in [9.17, 15) is 0 Å². The van der Waals surface area contributed by atoms with Crippen molar-refractivity contribution in [3.63, 3.8) is 0 Å². The van der Waals surface area contributed by atoms with Gasteiger partial charge in [0.05, 0.1) is 0 Å². The fourth-order valence-electron chi connectivity index (χ4n) is 2.97. The molecule has 3 heteroatoms. The van der Waals surface area contributed by atoms with Crippen molar-refractivity contribution in [2.75, 3.05) is 0 Å². The first-order valence-electron chi connectivity index (χ1n) is 8.77. The molecule has 1 aromatic heterocycles. The minimum absolute atomic E-state index is 0.529. The van der Waals surface area contributed by atoms with Crippen LogP contribution in [0.3, 0.4) is 0 Å². The van der Waals surface area contributed by atoms with Gasteiger partial charge in [-0.1, -0.05) is 70.5 Å². The van der Waals surface area contributed by atoms with Gasteiger partial charge in [0, 0.05) is 22.4 Å². The van der Waals surface area contributed by atoms with Crippen LogP contribution in [-0.2, 0) is 6.61 Å². The molecule has 0 saturated carbocycles. The Morgan fingerprint density at radius 3 is 2.41 bits per heavy atom. The zero-order valence-electron chi connectivity index (χ0n) is 14.7. The third kappa shape index (κ3) is 4.26. The molecular weight excluding hydrogens is 398 g/mol. The van der Waals surface area contributed by atoms with Crippen molar-refractivity contribution < 1.29 is 4.74 Å². The van der Waals surface area contributed by atoms with Gasteiger partial charge in [0.1, 0.15) is 12.4 Å². The number of hydrogen-bond donors (Lipinski definition) is 0. The lowest BCUT2D eigenvalue weighted by Gasteiger charge is -2.12. The number of fused-ring (bicyclic) bond motifs is 1. The van der Waals surface area contributed by atoms with Crippen molar-refractivity contribution in [3.05, 3.63) is 106 Å². The Labute approximate surface area is 167 Å². The zero-order chi connectivity index (χ0) is 18.5. The van der Waals surface area contributed by atoms with E-state index in [4.69, 9.17) is 4.74 Å². The molecule has 0 aliphatic heterocycles. The van der Waals surface area contributed by atoms with E-state index in [0.29, 0.717) is 6.61 Å². The van der Waals surface area contributed by atoms with Gasteiger partial charge in [-0.15, -0.1) is 0 Å². The number of halogens is 1. The summed E-state index contributed by atoms with van der Waals surface area (Å²) in [6.45, 7) is 0.529. The van der Waals surface area contributed by atoms with Crippen LogP contribution in [0.5, 0.6) is 5.75 Å². The Hall–Kier alpha value is -2.91. The number of ether oxygens (including phenoxy) is 1. The van der Waals surface area contributed by atoms with Crippen LogP contribution in [0.25, 0.3) is 22.9 Å². The van der Waals surface area contributed by atoms with Crippen molar-refractivity contribution in [1.29, 1.82) is 0 Å². The third-order valence-electron chi connectivity index (χ3n) is 4.39. The van der Waals surface area contributed by atoms with Gasteiger partial charge in [-0.3, -0.25) is 4.98 Å². The molecule has 0 unspecified atom stereocenters. The minimum Gasteiger partial charge on any atom is -0.488 e. The molecule has 0 atom stereocenters. The third-order valence-corrected chi connectivity index (χ3v) is 4.92. The number of hydrogen-bond acceptors (Lipinski definition) is 2. The predicted octanol–water partition coefficient (Wildman–Crippen LogP) is 6.75. The van der Waals surface area contributed by atoms with Gasteiger partial charge < -0.3 is 4.74 Å². The molecule has 0 saturated heterocycles. The van der Waals surface area contributed by atoms with Gasteiger partial charge in [-0.05, 0) is 52.2 Å². The quantitative estimate of drug-likeness (QED) is 0.359. The van der Waals surface area contributed by atoms with Crippen LogP contribution in [0.15, 0.2) is 89.7 Å². The lowest BCUT2D eigenvalue weighted by Crippen LogP contribution is -1.97. The largest absolute Gasteiger partial charge is 0.488 e. The molecule has 0 aliphatic rings. The van der Waals surface area contributed by atoms with E-state index in [-0.39, 0.29) is 0 Å². The molecule has 2 nitrogen and oxygen atoms in total. The molecule has 0 radical (unpaired) electrons. The van der Waals surface area contributed by atoms with E-state index >= 15 is 0 Å². The van der Waals surface area contributed by atoms with Gasteiger partial charge in [0.2, 0.25) is 0 Å². The molecule has 0 amide bonds. The molecule has 3 aromatic carbocycles. The van der Waals surface area contributed by atoms with Crippen molar-refractivity contribution in [3.8, 4) is 5.75 Å². The number of aromatic nitrogens is 1. The van der Waals surface area contributed by atoms with Crippen LogP contribution in [0.4, 0.5) is 0 Å². The average molecular weight is 416 g/mol. The fraction of sp³-hybridized carbons (Fsp3) is 0.0417. The zero-order valence-corrected chi connectivity index (χ0v) is 16.3. The molecule has 0 bridgehead atoms. The molecule has 0 aliphatic carbocycles. The Bertz CT molecular complexity index is 1070. The van der Waals surface area contributed by atoms with Crippen LogP contribution in [-0.4, -0.2) is 4.98 Å². The van der Waals surface area contributed by atoms with Gasteiger partial charge in [-0.25, -0.2) is 0 Å². The summed E-state index contributed by atoms with van der Waals surface area (Å²) >= 11 is 3.47. The molecule has 0 N–H and O–H groups in total. The number of pyridine rings is 1. The summed E-state index contributed by atoms with van der Waals surface area (Å²) in [4.78, 5) is 4.08. The second kappa shape index (κ2) is 8.19. The summed E-state index contributed by atoms with van der Waals surface area (Å²) < 4.78 is 7.25. The molecule has 4 rings (SSSR count). The highest BCUT2D eigenvalue weighted by atomic mass is 79.9. The molecule has 4 aromatic rings. The van der Waals surface area contributed by atoms with Crippen molar-refractivity contribution in [1.82, 2.24) is 4.98 Å². The maximum Gasteiger partial charge on any atom is 0.127 e. The highest BCUT2D eigenvalue weighted by Gasteiger charge is 2.07. The maximum atomic E-state index is 6.18. The molecule has 0 fully saturated rings. The predicted molar refractivity (Wildman–Crippen MR) is 116 cm³/mol. The summed E-state index contributed by atoms with van der Waals surface area (Å²) in [6.07, 6.45) is 7.81. The summed E-state index contributed by atoms with van der Waals surface area (Å²) in [5.41, 5.74) is 3.33. The Balaban J connectivity index is 1.68. The van der Waals surface area contributed by atoms with Gasteiger partial charge in [0.15, 0.2) is 0 Å². The topological polar surface area (TPSA) is 22.1 Å². The van der Waals surface area contributed by atoms with E-state index in [1.807, 2.05) is 30.3 Å². The molecule has 27 heavy (non-hydrogen) atoms. The lowest BCUT2D eigenvalue weighted by atomic mass is 10.0. The van der Waals surface area contributed by atoms with Crippen molar-refractivity contribution in [2.24, 2.45) is 0 Å². The first kappa shape index (κ1) is 17.5. The van der Waals surface area contributed by atoms with Crippen LogP contribution >= 0.6 is 15.9 Å². The first-order valence-corrected chi connectivity index (χ1v) is 9.56. The van der Waals surface area contributed by atoms with E-state index in [1.165, 1.54) is 10.8 Å². The molecule has 1 heterocycles. The average Bonchev–Trinajstić information content (AvgIpc) is 2.73. The summed E-state index contributed by atoms with van der Waals surface area (Å²) in [7, 11) is 0. The molecule has 132 valence electrons. The summed E-state index contributed by atoms with van der Waals surface area (Å²) in [6, 6.07) is 24.7. The van der Waals surface area contributed by atoms with Crippen LogP contribution in [0.1, 0.15) is 16.7 Å². The Morgan fingerprint density at radius 2 is 1.59 bits per heavy atom. The number of nitrogens with zero attached hydrogens (tertiary/aromatic N) is 1. The lowest BCUT2D eigenvalue weighted by molar-refractivity contribution is 0.306. The first-order chi connectivity index (χ1) is 13.3. The highest BCUT2D eigenvalue weighted by molar-refractivity contribution is 9.10. The van der Waals surface area contributed by atoms with Crippen LogP contribution < -0.4 is 4.74 Å². The van der Waals surface area contributed by atoms with E-state index < -0.39 is 0 Å². The van der Waals surface area contributed by atoms with E-state index in [1.54, 1.807) is 12.4 Å². The smallest absolute Gasteiger partial charge is 0.127 e. The van der Waals surface area contributed by atoms with Gasteiger partial charge in [-0.2, -0.15) is 0 Å². The summed E-state index contributed by atoms with van der Waals surface area (Å²) in [5.74, 6) is 0.877. The minimum atomic E-state index is 0.529. The Morgan fingerprint density at radius 1 is 0.815 bits per heavy atom. The summed E-state index contributed by atoms with van der Waals surface area (Å²) in [5, 5.41) is 2.37. The number of rotatable bonds is 5. The van der Waals surface area contributed by atoms with Crippen molar-refractivity contribution in [2.45, 2.75) is 6.61 Å². The van der Waals surface area contributed by atoms with E-state index in [2.05, 4.69) is 75.5 Å². The van der Waals surface area contributed by atoms with Crippen LogP contribution in [0.2, 0.25) is 0 Å². The van der Waals surface area contributed by atoms with Crippen LogP contribution in [0, 0.1) is 0 Å². The SMILES string of the molecule is Brc1ccc(COc2ccc3ccccc3c2C=Cc2ccncc2)cc1. The Kier molecular flexibility index (Phi) is 5.31. The standard InChI is InChI=1S/C24H18BrNO/c25-21-9-5-19(6-10-21)17-27-24-12-8-20-3-1-2-4-22(20)23(24)11-7-18-13-15-26-16-14-18/h1-16H,17H2. The fourth-order valence-corrected chi connectivity index (χ4v) is 3.23. The number of benzene rings is 3. The van der Waals surface area contributed by atoms with E-state index in [0.717, 1.165) is 26.9 Å². The maximum absolute atomic E-state index is 6.18. The second-order valence-electron chi connectivity index (χ2n) is 6.23. The van der Waals surface area contributed by atoms with Gasteiger partial charge >= 0.3 is 0 Å². The van der Waals surface area contributed by atoms with Crippen molar-refractivity contribution >= 4 is 38.9 Å². The molecular formula is C24H18BrNO. The monoisotopic (exact) mass is 415 g/mol. The highest BCUT2D eigenvalue weighted by Crippen LogP contribution is 2.30. The molecule has 0 spiro atoms.